The van der Waals surface area contributed by atoms with Gasteiger partial charge in [-0.15, -0.1) is 0 Å². The standard InChI is InChI=1S/C11H13BrFNO2/c1-11(2,3)16-10(15)8-6(13)4-5-7(14)9(8)12/h4-5H,14H2,1-3H3. The fourth-order valence-corrected chi connectivity index (χ4v) is 1.57. The molecule has 1 aromatic carbocycles. The molecule has 0 fully saturated rings. The zero-order valence-electron chi connectivity index (χ0n) is 9.30. The number of carbonyl (C=O) groups is 1. The number of anilines is 1. The molecule has 0 atom stereocenters. The lowest BCUT2D eigenvalue weighted by Crippen LogP contribution is -2.25. The van der Waals surface area contributed by atoms with Crippen LogP contribution in [-0.4, -0.2) is 11.6 Å². The van der Waals surface area contributed by atoms with Gasteiger partial charge in [-0.1, -0.05) is 0 Å². The molecule has 88 valence electrons. The SMILES string of the molecule is CC(C)(C)OC(=O)c1c(F)ccc(N)c1Br. The summed E-state index contributed by atoms with van der Waals surface area (Å²) in [6.07, 6.45) is 0. The molecule has 0 heterocycles. The van der Waals surface area contributed by atoms with Gasteiger partial charge in [0.2, 0.25) is 0 Å². The van der Waals surface area contributed by atoms with E-state index in [2.05, 4.69) is 15.9 Å². The molecule has 1 rings (SSSR count). The Hall–Kier alpha value is -1.10. The van der Waals surface area contributed by atoms with Crippen molar-refractivity contribution >= 4 is 27.6 Å². The number of benzene rings is 1. The van der Waals surface area contributed by atoms with E-state index in [1.165, 1.54) is 6.07 Å². The second-order valence-corrected chi connectivity index (χ2v) is 5.12. The third kappa shape index (κ3) is 2.95. The van der Waals surface area contributed by atoms with Crippen LogP contribution in [-0.2, 0) is 4.74 Å². The monoisotopic (exact) mass is 289 g/mol. The molecule has 1 aromatic rings. The van der Waals surface area contributed by atoms with Gasteiger partial charge in [0.05, 0.1) is 4.47 Å². The van der Waals surface area contributed by atoms with E-state index in [1.807, 2.05) is 0 Å². The van der Waals surface area contributed by atoms with Gasteiger partial charge in [-0.2, -0.15) is 0 Å². The highest BCUT2D eigenvalue weighted by Gasteiger charge is 2.23. The predicted molar refractivity (Wildman–Crippen MR) is 63.7 cm³/mol. The molecule has 2 N–H and O–H groups in total. The van der Waals surface area contributed by atoms with Crippen LogP contribution in [0.4, 0.5) is 10.1 Å². The summed E-state index contributed by atoms with van der Waals surface area (Å²) >= 11 is 3.07. The van der Waals surface area contributed by atoms with E-state index in [1.54, 1.807) is 20.8 Å². The maximum atomic E-state index is 13.5. The first-order valence-corrected chi connectivity index (χ1v) is 5.48. The second kappa shape index (κ2) is 4.41. The molecule has 0 aliphatic carbocycles. The van der Waals surface area contributed by atoms with Crippen LogP contribution in [0.3, 0.4) is 0 Å². The Bertz CT molecular complexity index is 427. The first kappa shape index (κ1) is 13.0. The minimum absolute atomic E-state index is 0.171. The van der Waals surface area contributed by atoms with Gasteiger partial charge >= 0.3 is 5.97 Å². The summed E-state index contributed by atoms with van der Waals surface area (Å²) in [5.41, 5.74) is 5.02. The van der Waals surface area contributed by atoms with Gasteiger partial charge in [0.1, 0.15) is 17.0 Å². The molecule has 16 heavy (non-hydrogen) atoms. The Kier molecular flexibility index (Phi) is 3.57. The minimum atomic E-state index is -0.732. The van der Waals surface area contributed by atoms with Crippen LogP contribution in [0.2, 0.25) is 0 Å². The number of hydrogen-bond acceptors (Lipinski definition) is 3. The second-order valence-electron chi connectivity index (χ2n) is 4.33. The molecule has 0 aliphatic rings. The third-order valence-corrected chi connectivity index (χ3v) is 2.58. The average molecular weight is 290 g/mol. The lowest BCUT2D eigenvalue weighted by molar-refractivity contribution is 0.00637. The van der Waals surface area contributed by atoms with E-state index in [-0.39, 0.29) is 10.0 Å². The van der Waals surface area contributed by atoms with Crippen molar-refractivity contribution in [1.82, 2.24) is 0 Å². The lowest BCUT2D eigenvalue weighted by Gasteiger charge is -2.20. The van der Waals surface area contributed by atoms with Crippen molar-refractivity contribution in [3.63, 3.8) is 0 Å². The summed E-state index contributed by atoms with van der Waals surface area (Å²) in [6, 6.07) is 2.52. The minimum Gasteiger partial charge on any atom is -0.456 e. The highest BCUT2D eigenvalue weighted by molar-refractivity contribution is 9.10. The molecule has 0 spiro atoms. The van der Waals surface area contributed by atoms with Crippen molar-refractivity contribution in [2.75, 3.05) is 5.73 Å². The fourth-order valence-electron chi connectivity index (χ4n) is 1.08. The van der Waals surface area contributed by atoms with E-state index in [9.17, 15) is 9.18 Å². The van der Waals surface area contributed by atoms with E-state index in [4.69, 9.17) is 10.5 Å². The summed E-state index contributed by atoms with van der Waals surface area (Å²) in [6.45, 7) is 5.13. The number of ether oxygens (including phenoxy) is 1. The summed E-state index contributed by atoms with van der Waals surface area (Å²) in [5.74, 6) is -1.39. The summed E-state index contributed by atoms with van der Waals surface area (Å²) in [7, 11) is 0. The first-order valence-electron chi connectivity index (χ1n) is 4.69. The van der Waals surface area contributed by atoms with Gasteiger partial charge < -0.3 is 10.5 Å². The Morgan fingerprint density at radius 2 is 2.00 bits per heavy atom. The fraction of sp³-hybridized carbons (Fsp3) is 0.364. The maximum absolute atomic E-state index is 13.5. The molecule has 0 aromatic heterocycles. The van der Waals surface area contributed by atoms with Gasteiger partial charge in [0.25, 0.3) is 0 Å². The molecular formula is C11H13BrFNO2. The van der Waals surface area contributed by atoms with Crippen LogP contribution in [0.1, 0.15) is 31.1 Å². The Labute approximate surface area is 102 Å². The van der Waals surface area contributed by atoms with Crippen LogP contribution in [0, 0.1) is 5.82 Å². The van der Waals surface area contributed by atoms with Gasteiger partial charge in [0.15, 0.2) is 0 Å². The highest BCUT2D eigenvalue weighted by atomic mass is 79.9. The molecule has 3 nitrogen and oxygen atoms in total. The van der Waals surface area contributed by atoms with Crippen molar-refractivity contribution in [1.29, 1.82) is 0 Å². The van der Waals surface area contributed by atoms with E-state index < -0.39 is 17.4 Å². The van der Waals surface area contributed by atoms with Crippen molar-refractivity contribution < 1.29 is 13.9 Å². The normalized spacial score (nSPS) is 11.3. The number of carbonyl (C=O) groups excluding carboxylic acids is 1. The van der Waals surface area contributed by atoms with Crippen molar-refractivity contribution in [2.45, 2.75) is 26.4 Å². The predicted octanol–water partition coefficient (Wildman–Crippen LogP) is 3.13. The number of nitrogen functional groups attached to an aromatic ring is 1. The molecule has 0 aliphatic heterocycles. The van der Waals surface area contributed by atoms with Gasteiger partial charge in [-0.3, -0.25) is 0 Å². The zero-order chi connectivity index (χ0) is 12.5. The number of nitrogens with two attached hydrogens (primary N) is 1. The number of esters is 1. The molecule has 0 radical (unpaired) electrons. The smallest absolute Gasteiger partial charge is 0.342 e. The van der Waals surface area contributed by atoms with Gasteiger partial charge in [-0.05, 0) is 48.8 Å². The summed E-state index contributed by atoms with van der Waals surface area (Å²) in [4.78, 5) is 11.7. The van der Waals surface area contributed by atoms with Crippen molar-refractivity contribution in [3.05, 3.63) is 28.0 Å². The van der Waals surface area contributed by atoms with E-state index in [0.29, 0.717) is 5.69 Å². The largest absolute Gasteiger partial charge is 0.456 e. The molecular weight excluding hydrogens is 277 g/mol. The number of halogens is 2. The quantitative estimate of drug-likeness (QED) is 0.638. The molecule has 0 saturated carbocycles. The van der Waals surface area contributed by atoms with Crippen molar-refractivity contribution in [2.24, 2.45) is 0 Å². The van der Waals surface area contributed by atoms with Gasteiger partial charge in [0, 0.05) is 5.69 Å². The van der Waals surface area contributed by atoms with Crippen LogP contribution in [0.25, 0.3) is 0 Å². The Balaban J connectivity index is 3.14. The van der Waals surface area contributed by atoms with Gasteiger partial charge in [-0.25, -0.2) is 9.18 Å². The molecule has 0 amide bonds. The molecule has 5 heteroatoms. The maximum Gasteiger partial charge on any atom is 0.342 e. The average Bonchev–Trinajstić information content (AvgIpc) is 2.09. The zero-order valence-corrected chi connectivity index (χ0v) is 10.9. The lowest BCUT2D eigenvalue weighted by atomic mass is 10.1. The Morgan fingerprint density at radius 3 is 2.50 bits per heavy atom. The highest BCUT2D eigenvalue weighted by Crippen LogP contribution is 2.28. The topological polar surface area (TPSA) is 52.3 Å². The Morgan fingerprint density at radius 1 is 1.44 bits per heavy atom. The van der Waals surface area contributed by atoms with Crippen LogP contribution in [0.15, 0.2) is 16.6 Å². The van der Waals surface area contributed by atoms with Crippen LogP contribution in [0.5, 0.6) is 0 Å². The van der Waals surface area contributed by atoms with E-state index >= 15 is 0 Å². The van der Waals surface area contributed by atoms with Crippen LogP contribution < -0.4 is 5.73 Å². The summed E-state index contributed by atoms with van der Waals surface area (Å²) in [5, 5.41) is 0. The summed E-state index contributed by atoms with van der Waals surface area (Å²) < 4.78 is 18.8. The van der Waals surface area contributed by atoms with Crippen LogP contribution >= 0.6 is 15.9 Å². The molecule has 0 unspecified atom stereocenters. The number of hydrogen-bond donors (Lipinski definition) is 1. The first-order chi connectivity index (χ1) is 7.22. The number of rotatable bonds is 1. The van der Waals surface area contributed by atoms with E-state index in [0.717, 1.165) is 6.07 Å². The van der Waals surface area contributed by atoms with Crippen molar-refractivity contribution in [3.8, 4) is 0 Å². The molecule has 0 saturated heterocycles. The molecule has 0 bridgehead atoms. The third-order valence-electron chi connectivity index (χ3n) is 1.72.